The molecule has 1 aliphatic heterocycles. The normalized spacial score (nSPS) is 23.9. The Morgan fingerprint density at radius 3 is 2.67 bits per heavy atom. The molecule has 0 aliphatic carbocycles. The number of amides is 1. The number of nitrogens with zero attached hydrogens (tertiary/aromatic N) is 1. The van der Waals surface area contributed by atoms with Gasteiger partial charge in [-0.3, -0.25) is 10.1 Å². The van der Waals surface area contributed by atoms with Gasteiger partial charge in [-0.25, -0.2) is 0 Å². The van der Waals surface area contributed by atoms with Crippen LogP contribution in [0.15, 0.2) is 0 Å². The Kier molecular flexibility index (Phi) is 4.58. The molecule has 0 bridgehead atoms. The second kappa shape index (κ2) is 5.50. The summed E-state index contributed by atoms with van der Waals surface area (Å²) in [5, 5.41) is 3.28. The monoisotopic (exact) mass is 212 g/mol. The summed E-state index contributed by atoms with van der Waals surface area (Å²) in [6.45, 7) is 10.2. The molecular weight excluding hydrogens is 188 g/mol. The molecule has 0 aromatic heterocycles. The first kappa shape index (κ1) is 12.5. The lowest BCUT2D eigenvalue weighted by atomic mass is 9.97. The van der Waals surface area contributed by atoms with Gasteiger partial charge in [-0.1, -0.05) is 34.1 Å². The third-order valence-electron chi connectivity index (χ3n) is 3.37. The van der Waals surface area contributed by atoms with Crippen molar-refractivity contribution in [3.63, 3.8) is 0 Å². The minimum atomic E-state index is 0.265. The highest BCUT2D eigenvalue weighted by Gasteiger charge is 2.30. The average molecular weight is 212 g/mol. The Bertz CT molecular complexity index is 216. The fourth-order valence-corrected chi connectivity index (χ4v) is 1.87. The number of hydrogen-bond acceptors (Lipinski definition) is 2. The summed E-state index contributed by atoms with van der Waals surface area (Å²) in [6.07, 6.45) is 2.47. The zero-order valence-electron chi connectivity index (χ0n) is 10.4. The molecule has 3 heteroatoms. The molecule has 0 aromatic rings. The van der Waals surface area contributed by atoms with E-state index in [2.05, 4.69) is 33.0 Å². The summed E-state index contributed by atoms with van der Waals surface area (Å²) in [4.78, 5) is 13.7. The van der Waals surface area contributed by atoms with Crippen LogP contribution in [0.3, 0.4) is 0 Å². The van der Waals surface area contributed by atoms with Gasteiger partial charge < -0.3 is 4.90 Å². The smallest absolute Gasteiger partial charge is 0.237 e. The summed E-state index contributed by atoms with van der Waals surface area (Å²) in [6, 6.07) is 0. The molecule has 1 N–H and O–H groups in total. The number of carbonyl (C=O) groups is 1. The molecular formula is C12H24N2O. The summed E-state index contributed by atoms with van der Waals surface area (Å²) < 4.78 is 0. The third kappa shape index (κ3) is 3.20. The van der Waals surface area contributed by atoms with E-state index in [0.717, 1.165) is 19.4 Å². The molecule has 2 atom stereocenters. The standard InChI is InChI=1S/C12H24N2O/c1-5-6-11-13-7-12(15)14(11)8-10(4)9(2)3/h9-11,13H,5-8H2,1-4H3. The lowest BCUT2D eigenvalue weighted by Gasteiger charge is -2.28. The second-order valence-corrected chi connectivity index (χ2v) is 4.95. The molecule has 0 spiro atoms. The van der Waals surface area contributed by atoms with Gasteiger partial charge in [0.1, 0.15) is 0 Å². The molecule has 0 saturated carbocycles. The molecule has 1 heterocycles. The van der Waals surface area contributed by atoms with Crippen LogP contribution in [0.25, 0.3) is 0 Å². The Hall–Kier alpha value is -0.570. The van der Waals surface area contributed by atoms with Crippen LogP contribution in [0, 0.1) is 11.8 Å². The third-order valence-corrected chi connectivity index (χ3v) is 3.37. The number of nitrogens with one attached hydrogen (secondary N) is 1. The number of carbonyl (C=O) groups excluding carboxylic acids is 1. The van der Waals surface area contributed by atoms with Crippen LogP contribution in [0.5, 0.6) is 0 Å². The van der Waals surface area contributed by atoms with E-state index < -0.39 is 0 Å². The minimum Gasteiger partial charge on any atom is -0.326 e. The Labute approximate surface area is 93.2 Å². The maximum Gasteiger partial charge on any atom is 0.237 e. The molecule has 1 amide bonds. The van der Waals surface area contributed by atoms with E-state index in [4.69, 9.17) is 0 Å². The Morgan fingerprint density at radius 2 is 2.13 bits per heavy atom. The first-order chi connectivity index (χ1) is 7.06. The Balaban J connectivity index is 2.52. The molecule has 1 rings (SSSR count). The predicted molar refractivity (Wildman–Crippen MR) is 62.4 cm³/mol. The highest BCUT2D eigenvalue weighted by atomic mass is 16.2. The summed E-state index contributed by atoms with van der Waals surface area (Å²) in [5.74, 6) is 1.48. The van der Waals surface area contributed by atoms with E-state index in [-0.39, 0.29) is 12.1 Å². The highest BCUT2D eigenvalue weighted by Crippen LogP contribution is 2.17. The predicted octanol–water partition coefficient (Wildman–Crippen LogP) is 1.84. The molecule has 3 nitrogen and oxygen atoms in total. The van der Waals surface area contributed by atoms with E-state index in [1.54, 1.807) is 0 Å². The van der Waals surface area contributed by atoms with Gasteiger partial charge in [-0.15, -0.1) is 0 Å². The summed E-state index contributed by atoms with van der Waals surface area (Å²) in [5.41, 5.74) is 0. The van der Waals surface area contributed by atoms with E-state index in [1.807, 2.05) is 4.90 Å². The SMILES string of the molecule is CCCC1NCC(=O)N1CC(C)C(C)C. The van der Waals surface area contributed by atoms with Crippen molar-refractivity contribution in [3.8, 4) is 0 Å². The molecule has 88 valence electrons. The molecule has 2 unspecified atom stereocenters. The number of hydrogen-bond donors (Lipinski definition) is 1. The zero-order valence-corrected chi connectivity index (χ0v) is 10.4. The van der Waals surface area contributed by atoms with E-state index in [9.17, 15) is 4.79 Å². The van der Waals surface area contributed by atoms with Gasteiger partial charge >= 0.3 is 0 Å². The van der Waals surface area contributed by atoms with Crippen LogP contribution in [-0.2, 0) is 4.79 Å². The van der Waals surface area contributed by atoms with Crippen molar-refractivity contribution in [2.75, 3.05) is 13.1 Å². The van der Waals surface area contributed by atoms with Crippen molar-refractivity contribution in [2.45, 2.75) is 46.7 Å². The second-order valence-electron chi connectivity index (χ2n) is 4.95. The largest absolute Gasteiger partial charge is 0.326 e. The minimum absolute atomic E-state index is 0.265. The van der Waals surface area contributed by atoms with Crippen molar-refractivity contribution in [2.24, 2.45) is 11.8 Å². The first-order valence-corrected chi connectivity index (χ1v) is 6.09. The molecule has 1 saturated heterocycles. The summed E-state index contributed by atoms with van der Waals surface area (Å²) in [7, 11) is 0. The van der Waals surface area contributed by atoms with Crippen LogP contribution in [-0.4, -0.2) is 30.1 Å². The molecule has 1 aliphatic rings. The van der Waals surface area contributed by atoms with Crippen LogP contribution in [0.1, 0.15) is 40.5 Å². The van der Waals surface area contributed by atoms with Crippen molar-refractivity contribution in [1.82, 2.24) is 10.2 Å². The van der Waals surface area contributed by atoms with E-state index in [0.29, 0.717) is 18.4 Å². The lowest BCUT2D eigenvalue weighted by Crippen LogP contribution is -2.40. The van der Waals surface area contributed by atoms with E-state index in [1.165, 1.54) is 0 Å². The quantitative estimate of drug-likeness (QED) is 0.754. The van der Waals surface area contributed by atoms with Crippen molar-refractivity contribution >= 4 is 5.91 Å². The van der Waals surface area contributed by atoms with Gasteiger partial charge in [0.15, 0.2) is 0 Å². The van der Waals surface area contributed by atoms with Crippen molar-refractivity contribution < 1.29 is 4.79 Å². The summed E-state index contributed by atoms with van der Waals surface area (Å²) >= 11 is 0. The van der Waals surface area contributed by atoms with Crippen LogP contribution in [0.2, 0.25) is 0 Å². The van der Waals surface area contributed by atoms with Gasteiger partial charge in [-0.2, -0.15) is 0 Å². The molecule has 0 aromatic carbocycles. The van der Waals surface area contributed by atoms with Gasteiger partial charge in [0.25, 0.3) is 0 Å². The first-order valence-electron chi connectivity index (χ1n) is 6.09. The van der Waals surface area contributed by atoms with Crippen LogP contribution < -0.4 is 5.32 Å². The molecule has 0 radical (unpaired) electrons. The van der Waals surface area contributed by atoms with Gasteiger partial charge in [-0.05, 0) is 18.3 Å². The van der Waals surface area contributed by atoms with Gasteiger partial charge in [0, 0.05) is 6.54 Å². The molecule has 15 heavy (non-hydrogen) atoms. The fraction of sp³-hybridized carbons (Fsp3) is 0.917. The van der Waals surface area contributed by atoms with Crippen LogP contribution in [0.4, 0.5) is 0 Å². The average Bonchev–Trinajstić information content (AvgIpc) is 2.50. The fourth-order valence-electron chi connectivity index (χ4n) is 1.87. The molecule has 1 fully saturated rings. The topological polar surface area (TPSA) is 32.3 Å². The van der Waals surface area contributed by atoms with Crippen molar-refractivity contribution in [3.05, 3.63) is 0 Å². The Morgan fingerprint density at radius 1 is 1.47 bits per heavy atom. The lowest BCUT2D eigenvalue weighted by molar-refractivity contribution is -0.128. The van der Waals surface area contributed by atoms with Gasteiger partial charge in [0.05, 0.1) is 12.7 Å². The van der Waals surface area contributed by atoms with Crippen LogP contribution >= 0.6 is 0 Å². The highest BCUT2D eigenvalue weighted by molar-refractivity contribution is 5.80. The number of rotatable bonds is 5. The van der Waals surface area contributed by atoms with Crippen molar-refractivity contribution in [1.29, 1.82) is 0 Å². The maximum atomic E-state index is 11.7. The maximum absolute atomic E-state index is 11.7. The van der Waals surface area contributed by atoms with Gasteiger partial charge in [0.2, 0.25) is 5.91 Å². The van der Waals surface area contributed by atoms with E-state index >= 15 is 0 Å². The zero-order chi connectivity index (χ0) is 11.4.